The van der Waals surface area contributed by atoms with Crippen molar-refractivity contribution < 1.29 is 4.39 Å². The summed E-state index contributed by atoms with van der Waals surface area (Å²) in [6.07, 6.45) is 2.92. The summed E-state index contributed by atoms with van der Waals surface area (Å²) in [5.74, 6) is -0.393. The van der Waals surface area contributed by atoms with Gasteiger partial charge >= 0.3 is 0 Å². The first-order chi connectivity index (χ1) is 7.31. The second-order valence-electron chi connectivity index (χ2n) is 2.83. The number of aromatic nitrogens is 2. The topological polar surface area (TPSA) is 49.6 Å². The molecule has 0 spiro atoms. The van der Waals surface area contributed by atoms with Gasteiger partial charge < -0.3 is 0 Å². The van der Waals surface area contributed by atoms with E-state index in [-0.39, 0.29) is 6.42 Å². The van der Waals surface area contributed by atoms with Crippen LogP contribution in [0.1, 0.15) is 5.69 Å². The van der Waals surface area contributed by atoms with Crippen molar-refractivity contribution in [1.82, 2.24) is 9.97 Å². The zero-order valence-electron chi connectivity index (χ0n) is 7.64. The average molecular weight is 219 g/mol. The van der Waals surface area contributed by atoms with Crippen molar-refractivity contribution in [3.63, 3.8) is 0 Å². The number of thiazole rings is 1. The fraction of sp³-hybridized carbons (Fsp3) is 0.100. The van der Waals surface area contributed by atoms with Gasteiger partial charge in [-0.15, -0.1) is 11.3 Å². The molecule has 0 fully saturated rings. The van der Waals surface area contributed by atoms with Gasteiger partial charge in [0.25, 0.3) is 0 Å². The number of nitriles is 1. The Labute approximate surface area is 89.9 Å². The minimum absolute atomic E-state index is 0.253. The van der Waals surface area contributed by atoms with Gasteiger partial charge in [0.2, 0.25) is 0 Å². The molecular weight excluding hydrogens is 213 g/mol. The fourth-order valence-corrected chi connectivity index (χ4v) is 1.99. The minimum atomic E-state index is -0.393. The Kier molecular flexibility index (Phi) is 2.70. The van der Waals surface area contributed by atoms with Crippen LogP contribution in [0.4, 0.5) is 4.39 Å². The van der Waals surface area contributed by atoms with E-state index in [2.05, 4.69) is 9.97 Å². The molecule has 2 aromatic heterocycles. The van der Waals surface area contributed by atoms with E-state index in [1.165, 1.54) is 17.5 Å². The van der Waals surface area contributed by atoms with E-state index < -0.39 is 5.82 Å². The van der Waals surface area contributed by atoms with Crippen molar-refractivity contribution in [1.29, 1.82) is 5.26 Å². The lowest BCUT2D eigenvalue weighted by Gasteiger charge is -1.95. The summed E-state index contributed by atoms with van der Waals surface area (Å²) in [5.41, 5.74) is 1.10. The molecule has 0 aliphatic carbocycles. The zero-order valence-corrected chi connectivity index (χ0v) is 8.46. The summed E-state index contributed by atoms with van der Waals surface area (Å²) in [6.45, 7) is 0. The van der Waals surface area contributed by atoms with Crippen molar-refractivity contribution in [2.45, 2.75) is 6.42 Å². The third-order valence-electron chi connectivity index (χ3n) is 1.81. The first-order valence-corrected chi connectivity index (χ1v) is 5.10. The lowest BCUT2D eigenvalue weighted by Crippen LogP contribution is -1.86. The van der Waals surface area contributed by atoms with Crippen LogP contribution in [0.2, 0.25) is 0 Å². The van der Waals surface area contributed by atoms with Crippen LogP contribution in [0, 0.1) is 17.1 Å². The van der Waals surface area contributed by atoms with Crippen LogP contribution in [0.5, 0.6) is 0 Å². The Morgan fingerprint density at radius 2 is 2.40 bits per heavy atom. The van der Waals surface area contributed by atoms with Crippen LogP contribution < -0.4 is 0 Å². The highest BCUT2D eigenvalue weighted by molar-refractivity contribution is 7.13. The van der Waals surface area contributed by atoms with Gasteiger partial charge in [-0.25, -0.2) is 9.37 Å². The lowest BCUT2D eigenvalue weighted by molar-refractivity contribution is 0.625. The van der Waals surface area contributed by atoms with Gasteiger partial charge in [0, 0.05) is 17.1 Å². The molecule has 0 saturated carbocycles. The maximum absolute atomic E-state index is 13.3. The molecule has 2 heterocycles. The van der Waals surface area contributed by atoms with Gasteiger partial charge in [0.05, 0.1) is 24.4 Å². The maximum atomic E-state index is 13.3. The van der Waals surface area contributed by atoms with Crippen molar-refractivity contribution in [3.05, 3.63) is 35.4 Å². The summed E-state index contributed by atoms with van der Waals surface area (Å²) in [6, 6.07) is 3.58. The summed E-state index contributed by atoms with van der Waals surface area (Å²) in [4.78, 5) is 7.82. The molecule has 0 N–H and O–H groups in total. The van der Waals surface area contributed by atoms with E-state index in [1.807, 2.05) is 6.07 Å². The van der Waals surface area contributed by atoms with Crippen LogP contribution >= 0.6 is 11.3 Å². The quantitative estimate of drug-likeness (QED) is 0.779. The van der Waals surface area contributed by atoms with E-state index in [0.717, 1.165) is 6.20 Å². The highest BCUT2D eigenvalue weighted by atomic mass is 32.1. The number of hydrogen-bond acceptors (Lipinski definition) is 4. The number of pyridine rings is 1. The largest absolute Gasteiger partial charge is 0.262 e. The summed E-state index contributed by atoms with van der Waals surface area (Å²) in [5, 5.41) is 10.8. The smallest absolute Gasteiger partial charge is 0.151 e. The Morgan fingerprint density at radius 3 is 3.13 bits per heavy atom. The average Bonchev–Trinajstić information content (AvgIpc) is 2.68. The zero-order chi connectivity index (χ0) is 10.7. The summed E-state index contributed by atoms with van der Waals surface area (Å²) < 4.78 is 13.3. The maximum Gasteiger partial charge on any atom is 0.151 e. The Balaban J connectivity index is 2.38. The monoisotopic (exact) mass is 219 g/mol. The first-order valence-electron chi connectivity index (χ1n) is 4.22. The fourth-order valence-electron chi connectivity index (χ4n) is 1.14. The molecule has 0 aliphatic heterocycles. The molecule has 2 rings (SSSR count). The molecule has 74 valence electrons. The second-order valence-corrected chi connectivity index (χ2v) is 3.69. The van der Waals surface area contributed by atoms with Gasteiger partial charge in [-0.3, -0.25) is 4.98 Å². The molecule has 0 radical (unpaired) electrons. The molecule has 0 atom stereocenters. The van der Waals surface area contributed by atoms with E-state index in [9.17, 15) is 4.39 Å². The molecule has 0 saturated heterocycles. The highest BCUT2D eigenvalue weighted by Crippen LogP contribution is 2.25. The van der Waals surface area contributed by atoms with Crippen molar-refractivity contribution in [2.24, 2.45) is 0 Å². The van der Waals surface area contributed by atoms with Crippen LogP contribution in [0.25, 0.3) is 10.6 Å². The Hall–Kier alpha value is -1.80. The minimum Gasteiger partial charge on any atom is -0.262 e. The van der Waals surface area contributed by atoms with Gasteiger partial charge in [0.15, 0.2) is 5.82 Å². The third-order valence-corrected chi connectivity index (χ3v) is 2.74. The van der Waals surface area contributed by atoms with Crippen LogP contribution in [-0.4, -0.2) is 9.97 Å². The predicted octanol–water partition coefficient (Wildman–Crippen LogP) is 2.41. The molecule has 0 aliphatic rings. The van der Waals surface area contributed by atoms with Crippen molar-refractivity contribution in [2.75, 3.05) is 0 Å². The predicted molar refractivity (Wildman–Crippen MR) is 54.6 cm³/mol. The normalized spacial score (nSPS) is 9.87. The molecule has 0 unspecified atom stereocenters. The van der Waals surface area contributed by atoms with E-state index in [4.69, 9.17) is 5.26 Å². The molecule has 5 heteroatoms. The Bertz CT molecular complexity index is 515. The SMILES string of the molecule is N#CCc1csc(-c2ccncc2F)n1. The molecule has 0 bridgehead atoms. The number of rotatable bonds is 2. The van der Waals surface area contributed by atoms with Crippen LogP contribution in [-0.2, 0) is 6.42 Å². The lowest BCUT2D eigenvalue weighted by atomic mass is 10.2. The second kappa shape index (κ2) is 4.15. The summed E-state index contributed by atoms with van der Waals surface area (Å²) >= 11 is 1.33. The first kappa shape index (κ1) is 9.74. The van der Waals surface area contributed by atoms with Crippen molar-refractivity contribution >= 4 is 11.3 Å². The van der Waals surface area contributed by atoms with E-state index in [1.54, 1.807) is 11.4 Å². The van der Waals surface area contributed by atoms with Gasteiger partial charge in [-0.1, -0.05) is 0 Å². The van der Waals surface area contributed by atoms with Gasteiger partial charge in [-0.05, 0) is 6.07 Å². The third kappa shape index (κ3) is 2.00. The van der Waals surface area contributed by atoms with Crippen LogP contribution in [0.3, 0.4) is 0 Å². The molecular formula is C10H6FN3S. The van der Waals surface area contributed by atoms with Crippen molar-refractivity contribution in [3.8, 4) is 16.6 Å². The van der Waals surface area contributed by atoms with Crippen LogP contribution in [0.15, 0.2) is 23.8 Å². The molecule has 3 nitrogen and oxygen atoms in total. The number of halogens is 1. The molecule has 0 amide bonds. The summed E-state index contributed by atoms with van der Waals surface area (Å²) in [7, 11) is 0. The number of nitrogens with zero attached hydrogens (tertiary/aromatic N) is 3. The standard InChI is InChI=1S/C10H6FN3S/c11-9-5-13-4-2-8(9)10-14-7(1-3-12)6-15-10/h2,4-6H,1H2. The van der Waals surface area contributed by atoms with E-state index in [0.29, 0.717) is 16.3 Å². The molecule has 15 heavy (non-hydrogen) atoms. The van der Waals surface area contributed by atoms with Gasteiger partial charge in [-0.2, -0.15) is 5.26 Å². The van der Waals surface area contributed by atoms with Gasteiger partial charge in [0.1, 0.15) is 5.01 Å². The molecule has 2 aromatic rings. The highest BCUT2D eigenvalue weighted by Gasteiger charge is 2.08. The van der Waals surface area contributed by atoms with E-state index >= 15 is 0 Å². The molecule has 0 aromatic carbocycles. The number of hydrogen-bond donors (Lipinski definition) is 0. The Morgan fingerprint density at radius 1 is 1.53 bits per heavy atom.